The van der Waals surface area contributed by atoms with E-state index in [4.69, 9.17) is 0 Å². The third-order valence-corrected chi connectivity index (χ3v) is 3.88. The van der Waals surface area contributed by atoms with Crippen LogP contribution in [0.1, 0.15) is 42.5 Å². The van der Waals surface area contributed by atoms with Crippen LogP contribution in [0.2, 0.25) is 0 Å². The van der Waals surface area contributed by atoms with Crippen LogP contribution < -0.4 is 0 Å². The Labute approximate surface area is 131 Å². The SMILES string of the molecule is Cc1ccnc(-n2nc(C(=O)O)c(I)c2C(C)(C)C)c1. The summed E-state index contributed by atoms with van der Waals surface area (Å²) in [7, 11) is 0. The highest BCUT2D eigenvalue weighted by Gasteiger charge is 2.29. The van der Waals surface area contributed by atoms with E-state index in [1.165, 1.54) is 0 Å². The van der Waals surface area contributed by atoms with Gasteiger partial charge in [-0.05, 0) is 47.2 Å². The fourth-order valence-electron chi connectivity index (χ4n) is 1.98. The minimum absolute atomic E-state index is 0.0684. The molecule has 0 atom stereocenters. The first-order valence-corrected chi connectivity index (χ1v) is 7.25. The van der Waals surface area contributed by atoms with E-state index in [0.29, 0.717) is 9.39 Å². The fraction of sp³-hybridized carbons (Fsp3) is 0.357. The molecule has 0 saturated heterocycles. The predicted octanol–water partition coefficient (Wildman–Crippen LogP) is 3.18. The molecule has 2 aromatic rings. The summed E-state index contributed by atoms with van der Waals surface area (Å²) in [5.74, 6) is -0.383. The molecule has 6 heteroatoms. The second-order valence-electron chi connectivity index (χ2n) is 5.67. The Morgan fingerprint density at radius 1 is 1.40 bits per heavy atom. The van der Waals surface area contributed by atoms with Crippen molar-refractivity contribution in [3.63, 3.8) is 0 Å². The Balaban J connectivity index is 2.75. The van der Waals surface area contributed by atoms with Crippen LogP contribution in [-0.2, 0) is 5.41 Å². The topological polar surface area (TPSA) is 68.0 Å². The van der Waals surface area contributed by atoms with Crippen molar-refractivity contribution >= 4 is 28.6 Å². The molecule has 20 heavy (non-hydrogen) atoms. The highest BCUT2D eigenvalue weighted by Crippen LogP contribution is 2.31. The quantitative estimate of drug-likeness (QED) is 0.807. The number of halogens is 1. The number of aromatic nitrogens is 3. The third kappa shape index (κ3) is 2.70. The van der Waals surface area contributed by atoms with Gasteiger partial charge in [0.25, 0.3) is 0 Å². The summed E-state index contributed by atoms with van der Waals surface area (Å²) < 4.78 is 2.30. The van der Waals surface area contributed by atoms with E-state index in [-0.39, 0.29) is 11.1 Å². The van der Waals surface area contributed by atoms with Crippen molar-refractivity contribution in [2.24, 2.45) is 0 Å². The summed E-state index contributed by atoms with van der Waals surface area (Å²) in [6, 6.07) is 3.79. The van der Waals surface area contributed by atoms with E-state index in [2.05, 4.69) is 10.1 Å². The van der Waals surface area contributed by atoms with Gasteiger partial charge in [-0.1, -0.05) is 20.8 Å². The molecule has 0 aliphatic rings. The van der Waals surface area contributed by atoms with Crippen molar-refractivity contribution in [3.05, 3.63) is 38.9 Å². The average Bonchev–Trinajstić information content (AvgIpc) is 2.66. The molecule has 5 nitrogen and oxygen atoms in total. The molecule has 1 N–H and O–H groups in total. The average molecular weight is 385 g/mol. The first-order valence-electron chi connectivity index (χ1n) is 6.17. The zero-order valence-electron chi connectivity index (χ0n) is 11.8. The standard InChI is InChI=1S/C14H16IN3O2/c1-8-5-6-16-9(7-8)18-12(14(2,3)4)10(15)11(17-18)13(19)20/h5-7H,1-4H3,(H,19,20). The van der Waals surface area contributed by atoms with Crippen LogP contribution >= 0.6 is 22.6 Å². The molecular formula is C14H16IN3O2. The predicted molar refractivity (Wildman–Crippen MR) is 84.5 cm³/mol. The van der Waals surface area contributed by atoms with Gasteiger partial charge in [-0.3, -0.25) is 0 Å². The molecule has 2 aromatic heterocycles. The Bertz CT molecular complexity index is 672. The van der Waals surface area contributed by atoms with E-state index in [1.807, 2.05) is 62.4 Å². The largest absolute Gasteiger partial charge is 0.476 e. The maximum absolute atomic E-state index is 11.3. The molecule has 0 aromatic carbocycles. The van der Waals surface area contributed by atoms with E-state index >= 15 is 0 Å². The summed E-state index contributed by atoms with van der Waals surface area (Å²) >= 11 is 2.05. The van der Waals surface area contributed by atoms with Crippen molar-refractivity contribution in [2.45, 2.75) is 33.1 Å². The molecule has 0 aliphatic heterocycles. The lowest BCUT2D eigenvalue weighted by molar-refractivity contribution is 0.0689. The molecule has 0 unspecified atom stereocenters. The van der Waals surface area contributed by atoms with E-state index in [9.17, 15) is 9.90 Å². The van der Waals surface area contributed by atoms with Gasteiger partial charge in [0.2, 0.25) is 0 Å². The lowest BCUT2D eigenvalue weighted by atomic mass is 9.92. The summed E-state index contributed by atoms with van der Waals surface area (Å²) in [5.41, 5.74) is 1.74. The number of aromatic carboxylic acids is 1. The molecular weight excluding hydrogens is 369 g/mol. The van der Waals surface area contributed by atoms with Gasteiger partial charge >= 0.3 is 5.97 Å². The van der Waals surface area contributed by atoms with E-state index < -0.39 is 5.97 Å². The molecule has 2 rings (SSSR count). The van der Waals surface area contributed by atoms with Gasteiger partial charge in [0, 0.05) is 11.6 Å². The number of aryl methyl sites for hydroxylation is 1. The first kappa shape index (κ1) is 15.0. The van der Waals surface area contributed by atoms with Crippen LogP contribution in [-0.4, -0.2) is 25.8 Å². The number of carbonyl (C=O) groups is 1. The van der Waals surface area contributed by atoms with Gasteiger partial charge in [0.1, 0.15) is 0 Å². The molecule has 0 saturated carbocycles. The van der Waals surface area contributed by atoms with Gasteiger partial charge in [-0.2, -0.15) is 5.10 Å². The number of carboxylic acid groups (broad SMARTS) is 1. The molecule has 0 bridgehead atoms. The number of carboxylic acids is 1. The number of pyridine rings is 1. The van der Waals surface area contributed by atoms with Crippen molar-refractivity contribution in [1.82, 2.24) is 14.8 Å². The maximum Gasteiger partial charge on any atom is 0.357 e. The van der Waals surface area contributed by atoms with Crippen LogP contribution in [0.25, 0.3) is 5.82 Å². The second kappa shape index (κ2) is 5.16. The number of hydrogen-bond donors (Lipinski definition) is 1. The molecule has 106 valence electrons. The number of rotatable bonds is 2. The highest BCUT2D eigenvalue weighted by atomic mass is 127. The van der Waals surface area contributed by atoms with Crippen molar-refractivity contribution in [1.29, 1.82) is 0 Å². The lowest BCUT2D eigenvalue weighted by Crippen LogP contribution is -2.19. The van der Waals surface area contributed by atoms with Gasteiger partial charge in [0.05, 0.1) is 9.26 Å². The van der Waals surface area contributed by atoms with E-state index in [1.54, 1.807) is 10.9 Å². The fourth-order valence-corrected chi connectivity index (χ4v) is 3.36. The van der Waals surface area contributed by atoms with Crippen LogP contribution in [0.15, 0.2) is 18.3 Å². The van der Waals surface area contributed by atoms with Crippen LogP contribution in [0, 0.1) is 10.5 Å². The molecule has 0 fully saturated rings. The van der Waals surface area contributed by atoms with Crippen LogP contribution in [0.3, 0.4) is 0 Å². The molecule has 0 aliphatic carbocycles. The zero-order chi connectivity index (χ0) is 15.1. The van der Waals surface area contributed by atoms with Crippen LogP contribution in [0.5, 0.6) is 0 Å². The third-order valence-electron chi connectivity index (χ3n) is 2.86. The Morgan fingerprint density at radius 3 is 2.55 bits per heavy atom. The van der Waals surface area contributed by atoms with Crippen molar-refractivity contribution in [3.8, 4) is 5.82 Å². The molecule has 0 radical (unpaired) electrons. The normalized spacial score (nSPS) is 11.7. The van der Waals surface area contributed by atoms with Gasteiger partial charge in [0.15, 0.2) is 11.5 Å². The Hall–Kier alpha value is -1.44. The minimum atomic E-state index is -1.02. The van der Waals surface area contributed by atoms with Crippen molar-refractivity contribution in [2.75, 3.05) is 0 Å². The van der Waals surface area contributed by atoms with Gasteiger partial charge < -0.3 is 5.11 Å². The highest BCUT2D eigenvalue weighted by molar-refractivity contribution is 14.1. The Morgan fingerprint density at radius 2 is 2.05 bits per heavy atom. The van der Waals surface area contributed by atoms with Crippen molar-refractivity contribution < 1.29 is 9.90 Å². The summed E-state index contributed by atoms with van der Waals surface area (Å²) in [4.78, 5) is 15.6. The van der Waals surface area contributed by atoms with Gasteiger partial charge in [-0.25, -0.2) is 14.5 Å². The van der Waals surface area contributed by atoms with Crippen LogP contribution in [0.4, 0.5) is 0 Å². The smallest absolute Gasteiger partial charge is 0.357 e. The molecule has 2 heterocycles. The summed E-state index contributed by atoms with van der Waals surface area (Å²) in [6.45, 7) is 8.06. The second-order valence-corrected chi connectivity index (χ2v) is 6.75. The summed E-state index contributed by atoms with van der Waals surface area (Å²) in [5, 5.41) is 13.5. The molecule has 0 spiro atoms. The Kier molecular flexibility index (Phi) is 3.86. The maximum atomic E-state index is 11.3. The molecule has 0 amide bonds. The van der Waals surface area contributed by atoms with Gasteiger partial charge in [-0.15, -0.1) is 0 Å². The lowest BCUT2D eigenvalue weighted by Gasteiger charge is -2.20. The zero-order valence-corrected chi connectivity index (χ0v) is 14.0. The minimum Gasteiger partial charge on any atom is -0.476 e. The summed E-state index contributed by atoms with van der Waals surface area (Å²) in [6.07, 6.45) is 1.70. The number of hydrogen-bond acceptors (Lipinski definition) is 3. The van der Waals surface area contributed by atoms with E-state index in [0.717, 1.165) is 11.3 Å². The number of nitrogens with zero attached hydrogens (tertiary/aromatic N) is 3. The first-order chi connectivity index (χ1) is 9.21. The monoisotopic (exact) mass is 385 g/mol.